The topological polar surface area (TPSA) is 85.3 Å². The van der Waals surface area contributed by atoms with Crippen molar-refractivity contribution in [2.45, 2.75) is 6.54 Å². The van der Waals surface area contributed by atoms with Crippen LogP contribution in [0.25, 0.3) is 11.0 Å². The lowest BCUT2D eigenvalue weighted by Crippen LogP contribution is -2.45. The van der Waals surface area contributed by atoms with Gasteiger partial charge in [-0.05, 0) is 6.07 Å². The molecule has 0 saturated carbocycles. The van der Waals surface area contributed by atoms with Crippen LogP contribution in [-0.4, -0.2) is 52.7 Å². The minimum atomic E-state index is -0.327. The number of benzene rings is 1. The van der Waals surface area contributed by atoms with Gasteiger partial charge in [-0.3, -0.25) is 9.97 Å². The number of aliphatic hydroxyl groups excluding tert-OH is 1. The zero-order valence-corrected chi connectivity index (χ0v) is 14.3. The van der Waals surface area contributed by atoms with Gasteiger partial charge in [-0.1, -0.05) is 0 Å². The molecule has 0 aliphatic carbocycles. The number of aromatic nitrogens is 2. The second-order valence-electron chi connectivity index (χ2n) is 6.31. The lowest BCUT2D eigenvalue weighted by Gasteiger charge is -2.35. The molecule has 4 rings (SSSR count). The lowest BCUT2D eigenvalue weighted by molar-refractivity contribution is 0.269. The van der Waals surface area contributed by atoms with E-state index in [1.165, 1.54) is 6.07 Å². The molecule has 0 spiro atoms. The number of rotatable bonds is 4. The van der Waals surface area contributed by atoms with E-state index in [2.05, 4.69) is 30.8 Å². The van der Waals surface area contributed by atoms with Crippen molar-refractivity contribution in [3.8, 4) is 0 Å². The first-order valence-electron chi connectivity index (χ1n) is 8.67. The summed E-state index contributed by atoms with van der Waals surface area (Å²) in [5.41, 5.74) is 3.23. The molecule has 1 aromatic heterocycles. The summed E-state index contributed by atoms with van der Waals surface area (Å²) < 4.78 is 14.4. The van der Waals surface area contributed by atoms with E-state index in [-0.39, 0.29) is 12.4 Å². The van der Waals surface area contributed by atoms with Crippen LogP contribution < -0.4 is 16.0 Å². The number of halogens is 1. The largest absolute Gasteiger partial charge is 0.508 e. The summed E-state index contributed by atoms with van der Waals surface area (Å²) in [6.45, 7) is 4.06. The molecule has 7 nitrogen and oxygen atoms in total. The van der Waals surface area contributed by atoms with Crippen molar-refractivity contribution >= 4 is 11.0 Å². The van der Waals surface area contributed by atoms with Crippen LogP contribution in [0.15, 0.2) is 47.9 Å². The molecule has 1 fully saturated rings. The Morgan fingerprint density at radius 3 is 2.65 bits per heavy atom. The maximum Gasteiger partial charge on any atom is 0.137 e. The highest BCUT2D eigenvalue weighted by atomic mass is 19.1. The molecule has 0 radical (unpaired) electrons. The molecule has 1 aromatic carbocycles. The summed E-state index contributed by atoms with van der Waals surface area (Å²) >= 11 is 0. The van der Waals surface area contributed by atoms with Crippen LogP contribution >= 0.6 is 0 Å². The fourth-order valence-corrected chi connectivity index (χ4v) is 3.29. The molecular formula is C18H21FN6O. The molecule has 2 aromatic rings. The van der Waals surface area contributed by atoms with Crippen LogP contribution in [0, 0.1) is 5.82 Å². The third kappa shape index (κ3) is 3.28. The molecule has 2 aliphatic rings. The number of fused-ring (bicyclic) bond motifs is 1. The standard InChI is InChI=1S/C18H21FN6O/c19-13-8-15-14(22-1-2-23-15)7-12(13)9-24-16-10-21-11-17(26)18(16)25-5-3-20-4-6-25/h1-2,7-8,10,20-21,24,26H,3-6,9,11H2. The summed E-state index contributed by atoms with van der Waals surface area (Å²) in [6.07, 6.45) is 4.97. The van der Waals surface area contributed by atoms with Crippen molar-refractivity contribution in [1.82, 2.24) is 30.8 Å². The fraction of sp³-hybridized carbons (Fsp3) is 0.333. The Labute approximate surface area is 150 Å². The van der Waals surface area contributed by atoms with Crippen molar-refractivity contribution in [3.63, 3.8) is 0 Å². The highest BCUT2D eigenvalue weighted by Gasteiger charge is 2.23. The molecule has 8 heteroatoms. The summed E-state index contributed by atoms with van der Waals surface area (Å²) in [7, 11) is 0. The summed E-state index contributed by atoms with van der Waals surface area (Å²) in [5.74, 6) is -0.0338. The minimum absolute atomic E-state index is 0.286. The van der Waals surface area contributed by atoms with Crippen LogP contribution in [-0.2, 0) is 6.54 Å². The molecule has 4 N–H and O–H groups in total. The van der Waals surface area contributed by atoms with Crippen molar-refractivity contribution in [2.24, 2.45) is 0 Å². The van der Waals surface area contributed by atoms with Crippen molar-refractivity contribution < 1.29 is 9.50 Å². The van der Waals surface area contributed by atoms with Gasteiger partial charge >= 0.3 is 0 Å². The Balaban J connectivity index is 1.54. The molecule has 0 unspecified atom stereocenters. The quantitative estimate of drug-likeness (QED) is 0.650. The van der Waals surface area contributed by atoms with Gasteiger partial charge in [0, 0.05) is 62.9 Å². The third-order valence-corrected chi connectivity index (χ3v) is 4.58. The Kier molecular flexibility index (Phi) is 4.57. The first-order valence-corrected chi connectivity index (χ1v) is 8.67. The van der Waals surface area contributed by atoms with E-state index in [1.54, 1.807) is 18.5 Å². The van der Waals surface area contributed by atoms with Crippen LogP contribution in [0.3, 0.4) is 0 Å². The smallest absolute Gasteiger partial charge is 0.137 e. The maximum atomic E-state index is 14.4. The van der Waals surface area contributed by atoms with Crippen LogP contribution in [0.4, 0.5) is 4.39 Å². The predicted molar refractivity (Wildman–Crippen MR) is 96.5 cm³/mol. The van der Waals surface area contributed by atoms with Gasteiger partial charge in [0.25, 0.3) is 0 Å². The van der Waals surface area contributed by atoms with E-state index < -0.39 is 0 Å². The summed E-state index contributed by atoms with van der Waals surface area (Å²) in [5, 5.41) is 20.0. The second kappa shape index (κ2) is 7.17. The SMILES string of the molecule is OC1=C(N2CCNCC2)C(NCc2cc3nccnc3cc2F)=CNC1. The van der Waals surface area contributed by atoms with E-state index in [0.717, 1.165) is 37.6 Å². The molecule has 3 heterocycles. The Hall–Kier alpha value is -2.87. The predicted octanol–water partition coefficient (Wildman–Crippen LogP) is 0.978. The highest BCUT2D eigenvalue weighted by Crippen LogP contribution is 2.21. The molecule has 0 bridgehead atoms. The second-order valence-corrected chi connectivity index (χ2v) is 6.31. The molecule has 1 saturated heterocycles. The number of aliphatic hydroxyl groups is 1. The van der Waals surface area contributed by atoms with Gasteiger partial charge in [-0.2, -0.15) is 0 Å². The summed E-state index contributed by atoms with van der Waals surface area (Å²) in [4.78, 5) is 10.5. The molecule has 0 amide bonds. The van der Waals surface area contributed by atoms with E-state index in [0.29, 0.717) is 28.9 Å². The maximum absolute atomic E-state index is 14.4. The number of hydrogen-bond donors (Lipinski definition) is 4. The lowest BCUT2D eigenvalue weighted by atomic mass is 10.1. The third-order valence-electron chi connectivity index (χ3n) is 4.58. The fourth-order valence-electron chi connectivity index (χ4n) is 3.29. The number of dihydropyridines is 1. The average Bonchev–Trinajstić information content (AvgIpc) is 2.67. The monoisotopic (exact) mass is 356 g/mol. The first kappa shape index (κ1) is 16.6. The minimum Gasteiger partial charge on any atom is -0.508 e. The van der Waals surface area contributed by atoms with Crippen LogP contribution in [0.5, 0.6) is 0 Å². The zero-order chi connectivity index (χ0) is 17.9. The Morgan fingerprint density at radius 2 is 1.88 bits per heavy atom. The van der Waals surface area contributed by atoms with E-state index in [1.807, 2.05) is 6.20 Å². The Morgan fingerprint density at radius 1 is 1.15 bits per heavy atom. The number of nitrogens with zero attached hydrogens (tertiary/aromatic N) is 3. The molecule has 136 valence electrons. The van der Waals surface area contributed by atoms with Gasteiger partial charge in [0.15, 0.2) is 0 Å². The number of hydrogen-bond acceptors (Lipinski definition) is 7. The van der Waals surface area contributed by atoms with Gasteiger partial charge < -0.3 is 26.0 Å². The molecule has 0 atom stereocenters. The number of piperazine rings is 1. The first-order chi connectivity index (χ1) is 12.7. The van der Waals surface area contributed by atoms with Gasteiger partial charge in [0.05, 0.1) is 23.3 Å². The van der Waals surface area contributed by atoms with Crippen molar-refractivity contribution in [1.29, 1.82) is 0 Å². The zero-order valence-electron chi connectivity index (χ0n) is 14.3. The van der Waals surface area contributed by atoms with Gasteiger partial charge in [0.2, 0.25) is 0 Å². The Bertz CT molecular complexity index is 875. The average molecular weight is 356 g/mol. The molecule has 2 aliphatic heterocycles. The van der Waals surface area contributed by atoms with Crippen molar-refractivity contribution in [2.75, 3.05) is 32.7 Å². The molecular weight excluding hydrogens is 335 g/mol. The molecule has 26 heavy (non-hydrogen) atoms. The van der Waals surface area contributed by atoms with E-state index in [9.17, 15) is 9.50 Å². The van der Waals surface area contributed by atoms with Crippen LogP contribution in [0.1, 0.15) is 5.56 Å². The highest BCUT2D eigenvalue weighted by molar-refractivity contribution is 5.74. The van der Waals surface area contributed by atoms with Crippen LogP contribution in [0.2, 0.25) is 0 Å². The summed E-state index contributed by atoms with van der Waals surface area (Å²) in [6, 6.07) is 3.10. The van der Waals surface area contributed by atoms with Gasteiger partial charge in [-0.25, -0.2) is 4.39 Å². The van der Waals surface area contributed by atoms with Gasteiger partial charge in [-0.15, -0.1) is 0 Å². The van der Waals surface area contributed by atoms with E-state index >= 15 is 0 Å². The van der Waals surface area contributed by atoms with E-state index in [4.69, 9.17) is 0 Å². The number of nitrogens with one attached hydrogen (secondary N) is 3. The van der Waals surface area contributed by atoms with Gasteiger partial charge in [0.1, 0.15) is 17.3 Å². The van der Waals surface area contributed by atoms with Crippen molar-refractivity contribution in [3.05, 3.63) is 59.3 Å². The normalized spacial score (nSPS) is 17.9.